The Bertz CT molecular complexity index is 970. The van der Waals surface area contributed by atoms with Gasteiger partial charge in [-0.1, -0.05) is 18.1 Å². The van der Waals surface area contributed by atoms with Crippen LogP contribution in [0.25, 0.3) is 22.4 Å². The third kappa shape index (κ3) is 3.56. The largest absolute Gasteiger partial charge is 0.379 e. The molecule has 3 aromatic rings. The summed E-state index contributed by atoms with van der Waals surface area (Å²) in [4.78, 5) is 6.82. The number of nitrogens with zero attached hydrogens (tertiary/aromatic N) is 5. The molecule has 2 aromatic heterocycles. The van der Waals surface area contributed by atoms with Crippen LogP contribution in [0.4, 0.5) is 0 Å². The highest BCUT2D eigenvalue weighted by Gasteiger charge is 2.27. The standard InChI is InChI=1S/C21H27N5O3/c1-2-19(27)25-8-5-14(6-9-25)20-23-21(29-24-20)15-3-4-16-12-22-26(18(16)11-15)17-7-10-28-13-17/h3-4,11-12,14,17,19,27H,2,5-10,13H2,1H3. The van der Waals surface area contributed by atoms with Crippen LogP contribution in [0.3, 0.4) is 0 Å². The SMILES string of the molecule is CCC(O)N1CCC(c2noc(-c3ccc4cnn(C5CCOC5)c4c3)n2)CC1. The van der Waals surface area contributed by atoms with Gasteiger partial charge in [0.1, 0.15) is 6.23 Å². The number of fused-ring (bicyclic) bond motifs is 1. The molecule has 4 heterocycles. The molecule has 2 saturated heterocycles. The third-order valence-electron chi connectivity index (χ3n) is 6.22. The normalized spacial score (nSPS) is 22.5. The lowest BCUT2D eigenvalue weighted by Crippen LogP contribution is -2.40. The molecule has 2 unspecified atom stereocenters. The zero-order valence-corrected chi connectivity index (χ0v) is 16.7. The number of piperidine rings is 1. The minimum absolute atomic E-state index is 0.276. The number of hydrogen-bond acceptors (Lipinski definition) is 7. The van der Waals surface area contributed by atoms with Gasteiger partial charge in [-0.05, 0) is 37.8 Å². The van der Waals surface area contributed by atoms with Crippen LogP contribution in [0.5, 0.6) is 0 Å². The van der Waals surface area contributed by atoms with Gasteiger partial charge in [0.15, 0.2) is 5.82 Å². The lowest BCUT2D eigenvalue weighted by atomic mass is 9.96. The van der Waals surface area contributed by atoms with Gasteiger partial charge in [0, 0.05) is 36.6 Å². The van der Waals surface area contributed by atoms with Crippen LogP contribution in [0, 0.1) is 0 Å². The van der Waals surface area contributed by atoms with Gasteiger partial charge in [0.05, 0.1) is 24.4 Å². The maximum absolute atomic E-state index is 10.0. The van der Waals surface area contributed by atoms with E-state index in [1.54, 1.807) is 0 Å². The number of rotatable bonds is 5. The van der Waals surface area contributed by atoms with Crippen molar-refractivity contribution in [3.63, 3.8) is 0 Å². The van der Waals surface area contributed by atoms with Crippen LogP contribution in [-0.2, 0) is 4.74 Å². The van der Waals surface area contributed by atoms with Crippen molar-refractivity contribution in [3.8, 4) is 11.5 Å². The second-order valence-corrected chi connectivity index (χ2v) is 8.04. The Labute approximate surface area is 169 Å². The molecule has 1 aromatic carbocycles. The van der Waals surface area contributed by atoms with Crippen LogP contribution in [-0.4, -0.2) is 62.5 Å². The third-order valence-corrected chi connectivity index (χ3v) is 6.22. The zero-order valence-electron chi connectivity index (χ0n) is 16.7. The van der Waals surface area contributed by atoms with Crippen molar-refractivity contribution < 1.29 is 14.4 Å². The second-order valence-electron chi connectivity index (χ2n) is 8.04. The Kier molecular flexibility index (Phi) is 5.07. The molecule has 0 saturated carbocycles. The van der Waals surface area contributed by atoms with Gasteiger partial charge in [-0.25, -0.2) is 0 Å². The van der Waals surface area contributed by atoms with E-state index in [1.165, 1.54) is 0 Å². The Balaban J connectivity index is 1.35. The first kappa shape index (κ1) is 18.7. The molecule has 0 amide bonds. The molecule has 0 bridgehead atoms. The van der Waals surface area contributed by atoms with E-state index in [-0.39, 0.29) is 18.2 Å². The fourth-order valence-corrected chi connectivity index (χ4v) is 4.41. The molecular formula is C21H27N5O3. The Morgan fingerprint density at radius 3 is 2.86 bits per heavy atom. The number of aliphatic hydroxyl groups is 1. The summed E-state index contributed by atoms with van der Waals surface area (Å²) in [5, 5.41) is 20.0. The van der Waals surface area contributed by atoms with Crippen molar-refractivity contribution >= 4 is 10.9 Å². The van der Waals surface area contributed by atoms with Crippen LogP contribution in [0.2, 0.25) is 0 Å². The zero-order chi connectivity index (χ0) is 19.8. The number of hydrogen-bond donors (Lipinski definition) is 1. The van der Waals surface area contributed by atoms with E-state index in [0.717, 1.165) is 67.7 Å². The summed E-state index contributed by atoms with van der Waals surface area (Å²) in [6.45, 7) is 5.21. The topological polar surface area (TPSA) is 89.4 Å². The first-order valence-electron chi connectivity index (χ1n) is 10.5. The molecule has 154 valence electrons. The molecule has 5 rings (SSSR count). The minimum Gasteiger partial charge on any atom is -0.379 e. The van der Waals surface area contributed by atoms with E-state index >= 15 is 0 Å². The van der Waals surface area contributed by atoms with Gasteiger partial charge >= 0.3 is 0 Å². The first-order valence-corrected chi connectivity index (χ1v) is 10.5. The Hall–Kier alpha value is -2.29. The summed E-state index contributed by atoms with van der Waals surface area (Å²) in [6, 6.07) is 6.43. The molecule has 0 aliphatic carbocycles. The van der Waals surface area contributed by atoms with Gasteiger partial charge in [0.25, 0.3) is 5.89 Å². The number of ether oxygens (including phenoxy) is 1. The van der Waals surface area contributed by atoms with Gasteiger partial charge in [-0.3, -0.25) is 9.58 Å². The summed E-state index contributed by atoms with van der Waals surface area (Å²) < 4.78 is 13.2. The molecular weight excluding hydrogens is 370 g/mol. The number of benzene rings is 1. The summed E-state index contributed by atoms with van der Waals surface area (Å²) in [7, 11) is 0. The van der Waals surface area contributed by atoms with Gasteiger partial charge < -0.3 is 14.4 Å². The molecule has 1 N–H and O–H groups in total. The smallest absolute Gasteiger partial charge is 0.258 e. The summed E-state index contributed by atoms with van der Waals surface area (Å²) in [6.07, 6.45) is 5.15. The van der Waals surface area contributed by atoms with E-state index < -0.39 is 0 Å². The average molecular weight is 397 g/mol. The quantitative estimate of drug-likeness (QED) is 0.708. The molecule has 2 atom stereocenters. The van der Waals surface area contributed by atoms with Crippen molar-refractivity contribution in [1.29, 1.82) is 0 Å². The maximum atomic E-state index is 10.0. The summed E-state index contributed by atoms with van der Waals surface area (Å²) in [5.41, 5.74) is 1.98. The Morgan fingerprint density at radius 2 is 2.10 bits per heavy atom. The first-order chi connectivity index (χ1) is 14.2. The van der Waals surface area contributed by atoms with E-state index in [0.29, 0.717) is 12.5 Å². The molecule has 2 aliphatic heterocycles. The molecule has 2 fully saturated rings. The lowest BCUT2D eigenvalue weighted by Gasteiger charge is -2.33. The maximum Gasteiger partial charge on any atom is 0.258 e. The number of likely N-dealkylation sites (tertiary alicyclic amines) is 1. The fraction of sp³-hybridized carbons (Fsp3) is 0.571. The molecule has 8 heteroatoms. The second kappa shape index (κ2) is 7.85. The average Bonchev–Trinajstić information content (AvgIpc) is 3.53. The minimum atomic E-state index is -0.348. The number of aromatic nitrogens is 4. The highest BCUT2D eigenvalue weighted by atomic mass is 16.5. The lowest BCUT2D eigenvalue weighted by molar-refractivity contribution is -0.0136. The van der Waals surface area contributed by atoms with Crippen molar-refractivity contribution in [3.05, 3.63) is 30.2 Å². The summed E-state index contributed by atoms with van der Waals surface area (Å²) >= 11 is 0. The highest BCUT2D eigenvalue weighted by Crippen LogP contribution is 2.31. The van der Waals surface area contributed by atoms with Gasteiger partial charge in [-0.15, -0.1) is 0 Å². The fourth-order valence-electron chi connectivity index (χ4n) is 4.41. The van der Waals surface area contributed by atoms with Crippen LogP contribution in [0.1, 0.15) is 50.4 Å². The molecule has 0 spiro atoms. The van der Waals surface area contributed by atoms with Crippen LogP contribution >= 0.6 is 0 Å². The van der Waals surface area contributed by atoms with Crippen molar-refractivity contribution in [2.45, 2.75) is 50.8 Å². The van der Waals surface area contributed by atoms with Crippen molar-refractivity contribution in [2.75, 3.05) is 26.3 Å². The molecule has 2 aliphatic rings. The van der Waals surface area contributed by atoms with Crippen molar-refractivity contribution in [2.24, 2.45) is 0 Å². The molecule has 29 heavy (non-hydrogen) atoms. The molecule has 8 nitrogen and oxygen atoms in total. The number of aliphatic hydroxyl groups excluding tert-OH is 1. The summed E-state index contributed by atoms with van der Waals surface area (Å²) in [5.74, 6) is 1.59. The Morgan fingerprint density at radius 1 is 1.24 bits per heavy atom. The molecule has 0 radical (unpaired) electrons. The van der Waals surface area contributed by atoms with E-state index in [1.807, 2.05) is 19.2 Å². The van der Waals surface area contributed by atoms with Crippen LogP contribution in [0.15, 0.2) is 28.9 Å². The monoisotopic (exact) mass is 397 g/mol. The predicted molar refractivity (Wildman–Crippen MR) is 107 cm³/mol. The highest BCUT2D eigenvalue weighted by molar-refractivity contribution is 5.83. The van der Waals surface area contributed by atoms with E-state index in [4.69, 9.17) is 14.2 Å². The predicted octanol–water partition coefficient (Wildman–Crippen LogP) is 2.96. The van der Waals surface area contributed by atoms with Gasteiger partial charge in [-0.2, -0.15) is 10.1 Å². The van der Waals surface area contributed by atoms with Gasteiger partial charge in [0.2, 0.25) is 0 Å². The van der Waals surface area contributed by atoms with E-state index in [9.17, 15) is 5.11 Å². The van der Waals surface area contributed by atoms with E-state index in [2.05, 4.69) is 32.0 Å². The van der Waals surface area contributed by atoms with Crippen LogP contribution < -0.4 is 0 Å². The van der Waals surface area contributed by atoms with Crippen molar-refractivity contribution in [1.82, 2.24) is 24.8 Å².